The van der Waals surface area contributed by atoms with E-state index in [1.54, 1.807) is 18.2 Å². The van der Waals surface area contributed by atoms with Crippen LogP contribution in [0.4, 0.5) is 5.69 Å². The summed E-state index contributed by atoms with van der Waals surface area (Å²) in [7, 11) is -3.24. The fourth-order valence-electron chi connectivity index (χ4n) is 1.17. The molecule has 0 fully saturated rings. The van der Waals surface area contributed by atoms with Crippen molar-refractivity contribution in [2.24, 2.45) is 0 Å². The standard InChI is InChI=1S/C8H7ClN2O2S2/c1-15(12,13)11-5-2-3-6-7(4-5)14-8(9)10-6/h2-4,11H,1H3. The van der Waals surface area contributed by atoms with E-state index in [1.807, 2.05) is 0 Å². The first kappa shape index (κ1) is 10.7. The minimum absolute atomic E-state index is 0.446. The lowest BCUT2D eigenvalue weighted by atomic mass is 10.3. The molecule has 1 heterocycles. The molecule has 1 aromatic carbocycles. The summed E-state index contributed by atoms with van der Waals surface area (Å²) in [5, 5.41) is 0. The molecule has 0 aliphatic carbocycles. The number of anilines is 1. The number of hydrogen-bond donors (Lipinski definition) is 1. The number of fused-ring (bicyclic) bond motifs is 1. The lowest BCUT2D eigenvalue weighted by molar-refractivity contribution is 0.607. The predicted molar refractivity (Wildman–Crippen MR) is 63.1 cm³/mol. The van der Waals surface area contributed by atoms with E-state index in [2.05, 4.69) is 9.71 Å². The van der Waals surface area contributed by atoms with Gasteiger partial charge in [-0.25, -0.2) is 13.4 Å². The molecule has 1 aromatic heterocycles. The van der Waals surface area contributed by atoms with Gasteiger partial charge < -0.3 is 0 Å². The summed E-state index contributed by atoms with van der Waals surface area (Å²) in [5.41, 5.74) is 1.29. The number of benzene rings is 1. The van der Waals surface area contributed by atoms with Gasteiger partial charge in [0.15, 0.2) is 4.47 Å². The first-order chi connectivity index (χ1) is 6.94. The van der Waals surface area contributed by atoms with E-state index in [9.17, 15) is 8.42 Å². The molecule has 0 aliphatic heterocycles. The Kier molecular flexibility index (Phi) is 2.57. The third-order valence-corrected chi connectivity index (χ3v) is 3.39. The Morgan fingerprint density at radius 2 is 2.20 bits per heavy atom. The first-order valence-electron chi connectivity index (χ1n) is 3.98. The molecular formula is C8H7ClN2O2S2. The van der Waals surface area contributed by atoms with Crippen molar-refractivity contribution in [3.8, 4) is 0 Å². The van der Waals surface area contributed by atoms with Crippen LogP contribution in [0.2, 0.25) is 4.47 Å². The highest BCUT2D eigenvalue weighted by molar-refractivity contribution is 7.92. The monoisotopic (exact) mass is 262 g/mol. The summed E-state index contributed by atoms with van der Waals surface area (Å²) in [6.45, 7) is 0. The highest BCUT2D eigenvalue weighted by atomic mass is 35.5. The van der Waals surface area contributed by atoms with Crippen LogP contribution in [0.1, 0.15) is 0 Å². The summed E-state index contributed by atoms with van der Waals surface area (Å²) in [4.78, 5) is 4.06. The van der Waals surface area contributed by atoms with Gasteiger partial charge in [0, 0.05) is 0 Å². The Balaban J connectivity index is 2.47. The molecule has 2 rings (SSSR count). The van der Waals surface area contributed by atoms with E-state index in [1.165, 1.54) is 11.3 Å². The molecule has 15 heavy (non-hydrogen) atoms. The van der Waals surface area contributed by atoms with Crippen LogP contribution >= 0.6 is 22.9 Å². The van der Waals surface area contributed by atoms with Crippen LogP contribution in [-0.2, 0) is 10.0 Å². The van der Waals surface area contributed by atoms with Gasteiger partial charge in [0.2, 0.25) is 10.0 Å². The number of sulfonamides is 1. The molecule has 0 unspecified atom stereocenters. The van der Waals surface area contributed by atoms with Crippen molar-refractivity contribution in [3.05, 3.63) is 22.7 Å². The Morgan fingerprint density at radius 3 is 2.87 bits per heavy atom. The van der Waals surface area contributed by atoms with Gasteiger partial charge in [0.25, 0.3) is 0 Å². The Hall–Kier alpha value is -0.850. The summed E-state index contributed by atoms with van der Waals surface area (Å²) >= 11 is 7.05. The van der Waals surface area contributed by atoms with Crippen molar-refractivity contribution in [2.75, 3.05) is 11.0 Å². The van der Waals surface area contributed by atoms with Gasteiger partial charge >= 0.3 is 0 Å². The molecule has 0 spiro atoms. The van der Waals surface area contributed by atoms with Gasteiger partial charge in [-0.3, -0.25) is 4.72 Å². The lowest BCUT2D eigenvalue weighted by Crippen LogP contribution is -2.09. The quantitative estimate of drug-likeness (QED) is 0.904. The molecule has 2 aromatic rings. The number of rotatable bonds is 2. The Bertz CT molecular complexity index is 606. The van der Waals surface area contributed by atoms with Crippen molar-refractivity contribution in [1.29, 1.82) is 0 Å². The van der Waals surface area contributed by atoms with E-state index in [-0.39, 0.29) is 0 Å². The molecule has 0 aliphatic rings. The van der Waals surface area contributed by atoms with E-state index >= 15 is 0 Å². The highest BCUT2D eigenvalue weighted by Crippen LogP contribution is 2.28. The number of thiazole rings is 1. The molecule has 7 heteroatoms. The smallest absolute Gasteiger partial charge is 0.229 e. The molecule has 0 amide bonds. The second-order valence-electron chi connectivity index (χ2n) is 3.02. The van der Waals surface area contributed by atoms with Crippen LogP contribution in [0, 0.1) is 0 Å². The number of aromatic nitrogens is 1. The van der Waals surface area contributed by atoms with Gasteiger partial charge in [-0.2, -0.15) is 0 Å². The average molecular weight is 263 g/mol. The van der Waals surface area contributed by atoms with Gasteiger partial charge in [-0.05, 0) is 18.2 Å². The normalized spacial score (nSPS) is 11.9. The van der Waals surface area contributed by atoms with Crippen molar-refractivity contribution in [2.45, 2.75) is 0 Å². The van der Waals surface area contributed by atoms with Gasteiger partial charge in [0.1, 0.15) is 0 Å². The Morgan fingerprint density at radius 1 is 1.47 bits per heavy atom. The van der Waals surface area contributed by atoms with Crippen LogP contribution in [0.3, 0.4) is 0 Å². The summed E-state index contributed by atoms with van der Waals surface area (Å²) in [6.07, 6.45) is 1.11. The number of nitrogens with zero attached hydrogens (tertiary/aromatic N) is 1. The molecular weight excluding hydrogens is 256 g/mol. The fraction of sp³-hybridized carbons (Fsp3) is 0.125. The topological polar surface area (TPSA) is 59.1 Å². The van der Waals surface area contributed by atoms with Crippen molar-refractivity contribution in [3.63, 3.8) is 0 Å². The predicted octanol–water partition coefficient (Wildman–Crippen LogP) is 2.32. The number of hydrogen-bond acceptors (Lipinski definition) is 4. The van der Waals surface area contributed by atoms with Gasteiger partial charge in [0.05, 0.1) is 22.2 Å². The maximum absolute atomic E-state index is 11.0. The van der Waals surface area contributed by atoms with Crippen LogP contribution in [0.15, 0.2) is 18.2 Å². The molecule has 0 bridgehead atoms. The zero-order chi connectivity index (χ0) is 11.1. The van der Waals surface area contributed by atoms with Crippen molar-refractivity contribution < 1.29 is 8.42 Å². The van der Waals surface area contributed by atoms with Crippen LogP contribution in [0.25, 0.3) is 10.2 Å². The maximum Gasteiger partial charge on any atom is 0.229 e. The van der Waals surface area contributed by atoms with Crippen LogP contribution in [0.5, 0.6) is 0 Å². The molecule has 0 atom stereocenters. The molecule has 4 nitrogen and oxygen atoms in total. The minimum atomic E-state index is -3.24. The number of halogens is 1. The summed E-state index contributed by atoms with van der Waals surface area (Å²) in [6, 6.07) is 5.09. The van der Waals surface area contributed by atoms with Gasteiger partial charge in [-0.1, -0.05) is 11.6 Å². The van der Waals surface area contributed by atoms with Crippen molar-refractivity contribution in [1.82, 2.24) is 4.98 Å². The third kappa shape index (κ3) is 2.58. The fourth-order valence-corrected chi connectivity index (χ4v) is 2.80. The summed E-state index contributed by atoms with van der Waals surface area (Å²) in [5.74, 6) is 0. The Labute approximate surface area is 96.0 Å². The minimum Gasteiger partial charge on any atom is -0.284 e. The largest absolute Gasteiger partial charge is 0.284 e. The molecule has 0 radical (unpaired) electrons. The van der Waals surface area contributed by atoms with E-state index in [0.29, 0.717) is 10.2 Å². The lowest BCUT2D eigenvalue weighted by Gasteiger charge is -2.02. The maximum atomic E-state index is 11.0. The second kappa shape index (κ2) is 3.62. The zero-order valence-electron chi connectivity index (χ0n) is 7.69. The zero-order valence-corrected chi connectivity index (χ0v) is 10.1. The van der Waals surface area contributed by atoms with Crippen LogP contribution in [-0.4, -0.2) is 19.7 Å². The molecule has 1 N–H and O–H groups in total. The molecule has 0 saturated carbocycles. The summed E-state index contributed by atoms with van der Waals surface area (Å²) < 4.78 is 25.7. The van der Waals surface area contributed by atoms with E-state index in [4.69, 9.17) is 11.6 Å². The van der Waals surface area contributed by atoms with E-state index in [0.717, 1.165) is 16.5 Å². The van der Waals surface area contributed by atoms with Gasteiger partial charge in [-0.15, -0.1) is 11.3 Å². The van der Waals surface area contributed by atoms with E-state index < -0.39 is 10.0 Å². The molecule has 80 valence electrons. The highest BCUT2D eigenvalue weighted by Gasteiger charge is 2.05. The first-order valence-corrected chi connectivity index (χ1v) is 7.06. The SMILES string of the molecule is CS(=O)(=O)Nc1ccc2nc(Cl)sc2c1. The number of nitrogens with one attached hydrogen (secondary N) is 1. The second-order valence-corrected chi connectivity index (χ2v) is 6.38. The average Bonchev–Trinajstić information content (AvgIpc) is 2.40. The molecule has 0 saturated heterocycles. The third-order valence-electron chi connectivity index (χ3n) is 1.67. The van der Waals surface area contributed by atoms with Crippen LogP contribution < -0.4 is 4.72 Å². The van der Waals surface area contributed by atoms with Crippen molar-refractivity contribution >= 4 is 48.9 Å².